The zero-order valence-electron chi connectivity index (χ0n) is 13.5. The summed E-state index contributed by atoms with van der Waals surface area (Å²) in [7, 11) is -4.13. The number of hydrogen-bond acceptors (Lipinski definition) is 7. The Morgan fingerprint density at radius 2 is 1.76 bits per heavy atom. The lowest BCUT2D eigenvalue weighted by Gasteiger charge is -2.09. The number of nitrogens with zero attached hydrogens (tertiary/aromatic N) is 1. The van der Waals surface area contributed by atoms with E-state index >= 15 is 0 Å². The van der Waals surface area contributed by atoms with E-state index in [-0.39, 0.29) is 16.3 Å². The number of ether oxygens (including phenoxy) is 1. The van der Waals surface area contributed by atoms with E-state index in [4.69, 9.17) is 14.7 Å². The average molecular weight is 366 g/mol. The summed E-state index contributed by atoms with van der Waals surface area (Å²) in [6.45, 7) is 2.59. The van der Waals surface area contributed by atoms with Crippen LogP contribution in [0, 0.1) is 10.1 Å². The van der Waals surface area contributed by atoms with E-state index in [1.807, 2.05) is 6.92 Å². The molecule has 0 amide bonds. The van der Waals surface area contributed by atoms with Crippen molar-refractivity contribution in [3.8, 4) is 11.5 Å². The number of nitro benzene ring substituents is 1. The van der Waals surface area contributed by atoms with Gasteiger partial charge in [-0.05, 0) is 42.8 Å². The lowest BCUT2D eigenvalue weighted by atomic mass is 10.2. The van der Waals surface area contributed by atoms with Crippen LogP contribution in [0.25, 0.3) is 0 Å². The molecule has 0 aliphatic carbocycles. The largest absolute Gasteiger partial charge is 0.494 e. The van der Waals surface area contributed by atoms with Crippen molar-refractivity contribution in [3.05, 3.63) is 52.6 Å². The number of rotatable bonds is 8. The molecule has 0 aliphatic rings. The van der Waals surface area contributed by atoms with Crippen LogP contribution < -0.4 is 14.7 Å². The number of nitro groups is 1. The second-order valence-electron chi connectivity index (χ2n) is 5.19. The van der Waals surface area contributed by atoms with Gasteiger partial charge in [-0.25, -0.2) is 0 Å². The quantitative estimate of drug-likeness (QED) is 0.250. The highest BCUT2D eigenvalue weighted by Crippen LogP contribution is 2.28. The molecule has 25 heavy (non-hydrogen) atoms. The molecule has 0 aliphatic heterocycles. The highest BCUT2D eigenvalue weighted by Gasteiger charge is 2.20. The molecule has 2 N–H and O–H groups in total. The lowest BCUT2D eigenvalue weighted by molar-refractivity contribution is -0.383. The molecule has 134 valence electrons. The number of benzene rings is 2. The van der Waals surface area contributed by atoms with E-state index in [0.717, 1.165) is 18.9 Å². The van der Waals surface area contributed by atoms with Crippen LogP contribution in [0.5, 0.6) is 11.5 Å². The van der Waals surface area contributed by atoms with E-state index in [9.17, 15) is 18.5 Å². The van der Waals surface area contributed by atoms with Gasteiger partial charge in [0.05, 0.1) is 17.6 Å². The zero-order valence-corrected chi connectivity index (χ0v) is 14.4. The third-order valence-corrected chi connectivity index (χ3v) is 4.54. The number of nitrogen functional groups attached to an aromatic ring is 1. The number of nitrogens with two attached hydrogens (primary N) is 1. The van der Waals surface area contributed by atoms with Crippen molar-refractivity contribution >= 4 is 21.5 Å². The molecule has 0 radical (unpaired) electrons. The van der Waals surface area contributed by atoms with Gasteiger partial charge in [0.25, 0.3) is 5.69 Å². The summed E-state index contributed by atoms with van der Waals surface area (Å²) < 4.78 is 35.0. The molecule has 0 atom stereocenters. The number of unbranched alkanes of at least 4 members (excludes halogenated alkanes) is 1. The summed E-state index contributed by atoms with van der Waals surface area (Å²) >= 11 is 0. The second-order valence-corrected chi connectivity index (χ2v) is 6.73. The minimum Gasteiger partial charge on any atom is -0.494 e. The van der Waals surface area contributed by atoms with Gasteiger partial charge in [0.1, 0.15) is 22.1 Å². The van der Waals surface area contributed by atoms with Gasteiger partial charge in [-0.2, -0.15) is 8.42 Å². The Hall–Kier alpha value is -2.81. The molecule has 2 aromatic rings. The first-order valence-electron chi connectivity index (χ1n) is 7.54. The van der Waals surface area contributed by atoms with E-state index in [0.29, 0.717) is 12.4 Å². The Bertz CT molecular complexity index is 849. The van der Waals surface area contributed by atoms with E-state index < -0.39 is 20.7 Å². The zero-order chi connectivity index (χ0) is 18.4. The molecule has 8 nitrogen and oxygen atoms in total. The molecule has 0 fully saturated rings. The van der Waals surface area contributed by atoms with Crippen molar-refractivity contribution in [1.82, 2.24) is 0 Å². The number of hydrogen-bond donors (Lipinski definition) is 1. The predicted octanol–water partition coefficient (Wildman–Crippen LogP) is 3.12. The highest BCUT2D eigenvalue weighted by molar-refractivity contribution is 7.87. The normalized spacial score (nSPS) is 11.1. The maximum absolute atomic E-state index is 12.3. The fourth-order valence-corrected chi connectivity index (χ4v) is 2.87. The van der Waals surface area contributed by atoms with Crippen LogP contribution in [0.15, 0.2) is 47.4 Å². The van der Waals surface area contributed by atoms with Gasteiger partial charge < -0.3 is 14.7 Å². The van der Waals surface area contributed by atoms with Crippen molar-refractivity contribution < 1.29 is 22.3 Å². The molecule has 2 aromatic carbocycles. The Morgan fingerprint density at radius 1 is 1.12 bits per heavy atom. The third kappa shape index (κ3) is 4.83. The van der Waals surface area contributed by atoms with Crippen molar-refractivity contribution in [2.45, 2.75) is 24.7 Å². The van der Waals surface area contributed by atoms with Crippen molar-refractivity contribution in [2.24, 2.45) is 0 Å². The Balaban J connectivity index is 2.16. The highest BCUT2D eigenvalue weighted by atomic mass is 32.2. The predicted molar refractivity (Wildman–Crippen MR) is 92.2 cm³/mol. The first-order chi connectivity index (χ1) is 11.8. The van der Waals surface area contributed by atoms with E-state index in [1.165, 1.54) is 36.4 Å². The molecule has 0 saturated carbocycles. The Kier molecular flexibility index (Phi) is 5.81. The summed E-state index contributed by atoms with van der Waals surface area (Å²) in [4.78, 5) is 10.1. The molecule has 0 saturated heterocycles. The van der Waals surface area contributed by atoms with Crippen LogP contribution in [0.2, 0.25) is 0 Å². The van der Waals surface area contributed by atoms with Gasteiger partial charge in [-0.3, -0.25) is 10.1 Å². The van der Waals surface area contributed by atoms with Crippen molar-refractivity contribution in [1.29, 1.82) is 0 Å². The fraction of sp³-hybridized carbons (Fsp3) is 0.250. The summed E-state index contributed by atoms with van der Waals surface area (Å²) in [6, 6.07) is 9.18. The monoisotopic (exact) mass is 366 g/mol. The van der Waals surface area contributed by atoms with Gasteiger partial charge >= 0.3 is 10.1 Å². The van der Waals surface area contributed by atoms with Crippen LogP contribution in [-0.2, 0) is 10.1 Å². The van der Waals surface area contributed by atoms with E-state index in [1.54, 1.807) is 0 Å². The molecule has 0 aromatic heterocycles. The number of anilines is 1. The van der Waals surface area contributed by atoms with Crippen LogP contribution in [0.1, 0.15) is 19.8 Å². The molecular weight excluding hydrogens is 348 g/mol. The second kappa shape index (κ2) is 7.84. The van der Waals surface area contributed by atoms with Crippen LogP contribution in [0.4, 0.5) is 11.4 Å². The summed E-state index contributed by atoms with van der Waals surface area (Å²) in [6.07, 6.45) is 1.90. The molecule has 0 heterocycles. The van der Waals surface area contributed by atoms with Crippen LogP contribution >= 0.6 is 0 Å². The van der Waals surface area contributed by atoms with Gasteiger partial charge in [0.2, 0.25) is 0 Å². The Morgan fingerprint density at radius 3 is 2.36 bits per heavy atom. The van der Waals surface area contributed by atoms with Gasteiger partial charge in [-0.15, -0.1) is 0 Å². The average Bonchev–Trinajstić information content (AvgIpc) is 2.57. The molecule has 2 rings (SSSR count). The Labute approximate surface area is 145 Å². The summed E-state index contributed by atoms with van der Waals surface area (Å²) in [5, 5.41) is 10.9. The minimum absolute atomic E-state index is 0.0803. The van der Waals surface area contributed by atoms with E-state index in [2.05, 4.69) is 0 Å². The maximum atomic E-state index is 12.3. The van der Waals surface area contributed by atoms with Crippen LogP contribution in [0.3, 0.4) is 0 Å². The molecule has 0 unspecified atom stereocenters. The first-order valence-corrected chi connectivity index (χ1v) is 8.95. The van der Waals surface area contributed by atoms with Crippen molar-refractivity contribution in [3.63, 3.8) is 0 Å². The van der Waals surface area contributed by atoms with Gasteiger partial charge in [0.15, 0.2) is 0 Å². The summed E-state index contributed by atoms with van der Waals surface area (Å²) in [5.74, 6) is 0.361. The fourth-order valence-electron chi connectivity index (χ4n) is 1.95. The van der Waals surface area contributed by atoms with Gasteiger partial charge in [-0.1, -0.05) is 13.3 Å². The topological polar surface area (TPSA) is 122 Å². The summed E-state index contributed by atoms with van der Waals surface area (Å²) in [5.41, 5.74) is 4.97. The maximum Gasteiger partial charge on any atom is 0.339 e. The smallest absolute Gasteiger partial charge is 0.339 e. The van der Waals surface area contributed by atoms with Gasteiger partial charge in [0, 0.05) is 0 Å². The van der Waals surface area contributed by atoms with Crippen molar-refractivity contribution in [2.75, 3.05) is 12.3 Å². The minimum atomic E-state index is -4.13. The van der Waals surface area contributed by atoms with Crippen LogP contribution in [-0.4, -0.2) is 19.9 Å². The molecule has 0 bridgehead atoms. The molecule has 0 spiro atoms. The molecule has 9 heteroatoms. The lowest BCUT2D eigenvalue weighted by Crippen LogP contribution is -2.10. The molecular formula is C16H18N2O6S. The first kappa shape index (κ1) is 18.5. The standard InChI is InChI=1S/C16H18N2O6S/c1-2-3-10-23-12-4-7-14(8-5-12)25(21,22)24-13-6-9-15(17)16(11-13)18(19)20/h4-9,11H,2-3,10,17H2,1H3. The SMILES string of the molecule is CCCCOc1ccc(S(=O)(=O)Oc2ccc(N)c([N+](=O)[O-])c2)cc1. The third-order valence-electron chi connectivity index (χ3n) is 3.28.